The van der Waals surface area contributed by atoms with Crippen LogP contribution in [0.1, 0.15) is 24.4 Å². The second kappa shape index (κ2) is 6.22. The Morgan fingerprint density at radius 2 is 2.23 bits per heavy atom. The van der Waals surface area contributed by atoms with Gasteiger partial charge in [-0.2, -0.15) is 0 Å². The number of aryl methyl sites for hydroxylation is 1. The zero-order chi connectivity index (χ0) is 9.52. The van der Waals surface area contributed by atoms with E-state index in [4.69, 9.17) is 9.15 Å². The highest BCUT2D eigenvalue weighted by atomic mass is 79.9. The fraction of sp³-hybridized carbons (Fsp3) is 0.600. The molecule has 0 unspecified atom stereocenters. The van der Waals surface area contributed by atoms with Gasteiger partial charge < -0.3 is 9.15 Å². The summed E-state index contributed by atoms with van der Waals surface area (Å²) >= 11 is 3.38. The predicted octanol–water partition coefficient (Wildman–Crippen LogP) is 3.28. The molecule has 0 N–H and O–H groups in total. The van der Waals surface area contributed by atoms with Crippen LogP contribution in [0.15, 0.2) is 16.5 Å². The Balaban J connectivity index is 2.06. The van der Waals surface area contributed by atoms with Gasteiger partial charge in [-0.3, -0.25) is 0 Å². The van der Waals surface area contributed by atoms with Crippen LogP contribution in [0.5, 0.6) is 0 Å². The normalized spacial score (nSPS) is 10.6. The fourth-order valence-electron chi connectivity index (χ4n) is 1.03. The zero-order valence-corrected chi connectivity index (χ0v) is 9.47. The van der Waals surface area contributed by atoms with Crippen LogP contribution in [0.4, 0.5) is 0 Å². The monoisotopic (exact) mass is 246 g/mol. The highest BCUT2D eigenvalue weighted by molar-refractivity contribution is 9.09. The molecule has 0 bridgehead atoms. The minimum atomic E-state index is 0.593. The summed E-state index contributed by atoms with van der Waals surface area (Å²) in [5.74, 6) is 1.86. The number of furan rings is 1. The second-order valence-corrected chi connectivity index (χ2v) is 3.75. The molecule has 74 valence electrons. The van der Waals surface area contributed by atoms with E-state index in [9.17, 15) is 0 Å². The molecule has 1 rings (SSSR count). The lowest BCUT2D eigenvalue weighted by Gasteiger charge is -2.00. The van der Waals surface area contributed by atoms with Gasteiger partial charge in [0.15, 0.2) is 0 Å². The molecule has 0 aromatic carbocycles. The summed E-state index contributed by atoms with van der Waals surface area (Å²) in [5, 5.41) is 1.05. The summed E-state index contributed by atoms with van der Waals surface area (Å²) in [6, 6.07) is 3.91. The van der Waals surface area contributed by atoms with Crippen LogP contribution in [0, 0.1) is 6.92 Å². The number of alkyl halides is 1. The van der Waals surface area contributed by atoms with Crippen LogP contribution < -0.4 is 0 Å². The highest BCUT2D eigenvalue weighted by Crippen LogP contribution is 2.07. The van der Waals surface area contributed by atoms with Crippen molar-refractivity contribution in [2.45, 2.75) is 26.4 Å². The quantitative estimate of drug-likeness (QED) is 0.568. The lowest BCUT2D eigenvalue weighted by Crippen LogP contribution is -1.94. The van der Waals surface area contributed by atoms with Crippen molar-refractivity contribution in [3.63, 3.8) is 0 Å². The van der Waals surface area contributed by atoms with E-state index in [0.29, 0.717) is 6.61 Å². The molecule has 0 aliphatic heterocycles. The first-order chi connectivity index (χ1) is 6.33. The smallest absolute Gasteiger partial charge is 0.129 e. The Morgan fingerprint density at radius 3 is 2.85 bits per heavy atom. The molecule has 0 aliphatic carbocycles. The molecular formula is C10H15BrO2. The average molecular weight is 247 g/mol. The summed E-state index contributed by atoms with van der Waals surface area (Å²) in [7, 11) is 0. The van der Waals surface area contributed by atoms with Crippen molar-refractivity contribution in [2.75, 3.05) is 11.9 Å². The third-order valence-electron chi connectivity index (χ3n) is 1.71. The molecule has 0 radical (unpaired) electrons. The average Bonchev–Trinajstić information content (AvgIpc) is 2.51. The maximum atomic E-state index is 5.42. The molecule has 2 nitrogen and oxygen atoms in total. The molecule has 0 fully saturated rings. The number of hydrogen-bond acceptors (Lipinski definition) is 2. The van der Waals surface area contributed by atoms with Gasteiger partial charge in [0, 0.05) is 11.9 Å². The minimum absolute atomic E-state index is 0.593. The first-order valence-corrected chi connectivity index (χ1v) is 5.64. The first-order valence-electron chi connectivity index (χ1n) is 4.52. The van der Waals surface area contributed by atoms with E-state index in [1.807, 2.05) is 19.1 Å². The minimum Gasteiger partial charge on any atom is -0.464 e. The van der Waals surface area contributed by atoms with E-state index in [0.717, 1.165) is 36.3 Å². The summed E-state index contributed by atoms with van der Waals surface area (Å²) < 4.78 is 10.8. The van der Waals surface area contributed by atoms with Crippen LogP contribution in [0.3, 0.4) is 0 Å². The van der Waals surface area contributed by atoms with Crippen LogP contribution in [0.25, 0.3) is 0 Å². The first kappa shape index (κ1) is 10.8. The Morgan fingerprint density at radius 1 is 1.38 bits per heavy atom. The van der Waals surface area contributed by atoms with Gasteiger partial charge in [-0.05, 0) is 31.9 Å². The number of unbranched alkanes of at least 4 members (excludes halogenated alkanes) is 1. The van der Waals surface area contributed by atoms with Crippen LogP contribution >= 0.6 is 15.9 Å². The van der Waals surface area contributed by atoms with Crippen molar-refractivity contribution < 1.29 is 9.15 Å². The van der Waals surface area contributed by atoms with Crippen molar-refractivity contribution in [1.82, 2.24) is 0 Å². The number of rotatable bonds is 6. The van der Waals surface area contributed by atoms with E-state index < -0.39 is 0 Å². The molecular weight excluding hydrogens is 232 g/mol. The largest absolute Gasteiger partial charge is 0.464 e. The lowest BCUT2D eigenvalue weighted by atomic mass is 10.4. The Labute approximate surface area is 87.4 Å². The molecule has 0 spiro atoms. The Kier molecular flexibility index (Phi) is 5.16. The summed E-state index contributed by atoms with van der Waals surface area (Å²) in [5.41, 5.74) is 0. The molecule has 1 heterocycles. The lowest BCUT2D eigenvalue weighted by molar-refractivity contribution is 0.103. The van der Waals surface area contributed by atoms with Gasteiger partial charge in [-0.15, -0.1) is 0 Å². The Hall–Kier alpha value is -0.280. The third-order valence-corrected chi connectivity index (χ3v) is 2.27. The van der Waals surface area contributed by atoms with Crippen molar-refractivity contribution in [1.29, 1.82) is 0 Å². The molecule has 0 saturated carbocycles. The van der Waals surface area contributed by atoms with E-state index in [1.54, 1.807) is 0 Å². The summed E-state index contributed by atoms with van der Waals surface area (Å²) in [6.45, 7) is 3.34. The molecule has 0 amide bonds. The van der Waals surface area contributed by atoms with E-state index >= 15 is 0 Å². The SMILES string of the molecule is Cc1ccc(COCCCCBr)o1. The van der Waals surface area contributed by atoms with Crippen LogP contribution in [0.2, 0.25) is 0 Å². The molecule has 3 heteroatoms. The number of halogens is 1. The fourth-order valence-corrected chi connectivity index (χ4v) is 1.43. The van der Waals surface area contributed by atoms with Gasteiger partial charge in [-0.25, -0.2) is 0 Å². The van der Waals surface area contributed by atoms with Gasteiger partial charge >= 0.3 is 0 Å². The molecule has 0 aliphatic rings. The maximum Gasteiger partial charge on any atom is 0.129 e. The molecule has 1 aromatic heterocycles. The van der Waals surface area contributed by atoms with Crippen LogP contribution in [-0.4, -0.2) is 11.9 Å². The van der Waals surface area contributed by atoms with Crippen molar-refractivity contribution in [2.24, 2.45) is 0 Å². The van der Waals surface area contributed by atoms with Crippen molar-refractivity contribution in [3.05, 3.63) is 23.7 Å². The van der Waals surface area contributed by atoms with E-state index in [2.05, 4.69) is 15.9 Å². The summed E-state index contributed by atoms with van der Waals surface area (Å²) in [4.78, 5) is 0. The highest BCUT2D eigenvalue weighted by Gasteiger charge is 1.97. The van der Waals surface area contributed by atoms with Gasteiger partial charge in [0.25, 0.3) is 0 Å². The summed E-state index contributed by atoms with van der Waals surface area (Å²) in [6.07, 6.45) is 2.27. The van der Waals surface area contributed by atoms with Crippen LogP contribution in [-0.2, 0) is 11.3 Å². The topological polar surface area (TPSA) is 22.4 Å². The zero-order valence-electron chi connectivity index (χ0n) is 7.88. The van der Waals surface area contributed by atoms with Gasteiger partial charge in [-0.1, -0.05) is 15.9 Å². The number of hydrogen-bond donors (Lipinski definition) is 0. The maximum absolute atomic E-state index is 5.42. The molecule has 0 saturated heterocycles. The Bertz CT molecular complexity index is 233. The standard InChI is InChI=1S/C10H15BrO2/c1-9-4-5-10(13-9)8-12-7-3-2-6-11/h4-5H,2-3,6-8H2,1H3. The third kappa shape index (κ3) is 4.48. The molecule has 0 atom stereocenters. The van der Waals surface area contributed by atoms with E-state index in [-0.39, 0.29) is 0 Å². The predicted molar refractivity (Wildman–Crippen MR) is 56.1 cm³/mol. The van der Waals surface area contributed by atoms with E-state index in [1.165, 1.54) is 0 Å². The van der Waals surface area contributed by atoms with Gasteiger partial charge in [0.1, 0.15) is 18.1 Å². The van der Waals surface area contributed by atoms with Gasteiger partial charge in [0.2, 0.25) is 0 Å². The molecule has 13 heavy (non-hydrogen) atoms. The van der Waals surface area contributed by atoms with Crippen molar-refractivity contribution >= 4 is 15.9 Å². The second-order valence-electron chi connectivity index (χ2n) is 2.96. The van der Waals surface area contributed by atoms with Gasteiger partial charge in [0.05, 0.1) is 0 Å². The van der Waals surface area contributed by atoms with Crippen molar-refractivity contribution in [3.8, 4) is 0 Å². The molecule has 1 aromatic rings. The number of ether oxygens (including phenoxy) is 1.